The minimum absolute atomic E-state index is 0.180. The van der Waals surface area contributed by atoms with Gasteiger partial charge in [-0.3, -0.25) is 0 Å². The van der Waals surface area contributed by atoms with Crippen LogP contribution in [0.2, 0.25) is 0 Å². The summed E-state index contributed by atoms with van der Waals surface area (Å²) in [6.45, 7) is 1.47. The lowest BCUT2D eigenvalue weighted by atomic mass is 9.92. The van der Waals surface area contributed by atoms with E-state index in [1.165, 1.54) is 17.5 Å². The van der Waals surface area contributed by atoms with Gasteiger partial charge in [0, 0.05) is 19.7 Å². The quantitative estimate of drug-likeness (QED) is 0.841. The van der Waals surface area contributed by atoms with Crippen LogP contribution in [-0.2, 0) is 17.9 Å². The molecule has 100 valence electrons. The number of aliphatic hydroxyl groups excluding tert-OH is 1. The Kier molecular flexibility index (Phi) is 5.17. The molecule has 0 spiro atoms. The molecule has 3 nitrogen and oxygen atoms in total. The van der Waals surface area contributed by atoms with Gasteiger partial charge in [-0.1, -0.05) is 37.1 Å². The van der Waals surface area contributed by atoms with Crippen molar-refractivity contribution in [1.82, 2.24) is 5.32 Å². The predicted molar refractivity (Wildman–Crippen MR) is 72.3 cm³/mol. The molecule has 1 saturated carbocycles. The Morgan fingerprint density at radius 3 is 2.83 bits per heavy atom. The predicted octanol–water partition coefficient (Wildman–Crippen LogP) is 2.23. The Hall–Kier alpha value is -0.900. The number of aliphatic hydroxyl groups is 1. The fourth-order valence-corrected chi connectivity index (χ4v) is 2.59. The van der Waals surface area contributed by atoms with Crippen LogP contribution in [0.25, 0.3) is 0 Å². The molecule has 0 saturated heterocycles. The van der Waals surface area contributed by atoms with E-state index in [-0.39, 0.29) is 12.1 Å². The van der Waals surface area contributed by atoms with E-state index in [2.05, 4.69) is 29.6 Å². The molecule has 18 heavy (non-hydrogen) atoms. The first-order chi connectivity index (χ1) is 8.79. The normalized spacial score (nSPS) is 24.1. The summed E-state index contributed by atoms with van der Waals surface area (Å²) in [7, 11) is 1.71. The third-order valence-electron chi connectivity index (χ3n) is 3.60. The highest BCUT2D eigenvalue weighted by Gasteiger charge is 2.21. The summed E-state index contributed by atoms with van der Waals surface area (Å²) in [4.78, 5) is 0. The van der Waals surface area contributed by atoms with Gasteiger partial charge in [-0.25, -0.2) is 0 Å². The molecule has 0 amide bonds. The number of rotatable bonds is 5. The number of benzene rings is 1. The van der Waals surface area contributed by atoms with Gasteiger partial charge in [0.05, 0.1) is 12.7 Å². The van der Waals surface area contributed by atoms with E-state index in [4.69, 9.17) is 4.74 Å². The van der Waals surface area contributed by atoms with Crippen molar-refractivity contribution in [2.75, 3.05) is 7.11 Å². The molecule has 2 atom stereocenters. The maximum Gasteiger partial charge on any atom is 0.0713 e. The Balaban J connectivity index is 1.87. The lowest BCUT2D eigenvalue weighted by Crippen LogP contribution is -2.41. The summed E-state index contributed by atoms with van der Waals surface area (Å²) in [5.74, 6) is 0. The van der Waals surface area contributed by atoms with E-state index in [0.717, 1.165) is 25.8 Å². The van der Waals surface area contributed by atoms with Gasteiger partial charge in [-0.2, -0.15) is 0 Å². The standard InChI is InChI=1S/C15H23NO2/c1-18-11-13-6-4-5-12(9-13)10-16-14-7-2-3-8-15(14)17/h4-6,9,14-17H,2-3,7-8,10-11H2,1H3/t14-,15-/m1/s1. The number of methoxy groups -OCH3 is 1. The fourth-order valence-electron chi connectivity index (χ4n) is 2.59. The molecule has 1 aromatic carbocycles. The average molecular weight is 249 g/mol. The molecule has 1 aromatic rings. The van der Waals surface area contributed by atoms with Crippen LogP contribution in [0.15, 0.2) is 24.3 Å². The van der Waals surface area contributed by atoms with E-state index in [9.17, 15) is 5.11 Å². The van der Waals surface area contributed by atoms with Crippen molar-refractivity contribution in [3.63, 3.8) is 0 Å². The largest absolute Gasteiger partial charge is 0.392 e. The van der Waals surface area contributed by atoms with E-state index in [1.54, 1.807) is 7.11 Å². The lowest BCUT2D eigenvalue weighted by Gasteiger charge is -2.28. The Morgan fingerprint density at radius 2 is 2.06 bits per heavy atom. The maximum absolute atomic E-state index is 9.90. The van der Waals surface area contributed by atoms with E-state index in [0.29, 0.717) is 6.61 Å². The molecule has 0 aliphatic heterocycles. The van der Waals surface area contributed by atoms with Crippen molar-refractivity contribution in [2.45, 2.75) is 51.0 Å². The second kappa shape index (κ2) is 6.88. The first-order valence-corrected chi connectivity index (χ1v) is 6.78. The molecular weight excluding hydrogens is 226 g/mol. The summed E-state index contributed by atoms with van der Waals surface area (Å²) in [6, 6.07) is 8.66. The minimum atomic E-state index is -0.180. The lowest BCUT2D eigenvalue weighted by molar-refractivity contribution is 0.0902. The van der Waals surface area contributed by atoms with Crippen LogP contribution in [0.5, 0.6) is 0 Å². The van der Waals surface area contributed by atoms with E-state index >= 15 is 0 Å². The van der Waals surface area contributed by atoms with Crippen LogP contribution in [0.3, 0.4) is 0 Å². The second-order valence-corrected chi connectivity index (χ2v) is 5.09. The zero-order valence-corrected chi connectivity index (χ0v) is 11.1. The smallest absolute Gasteiger partial charge is 0.0713 e. The molecule has 1 aliphatic rings. The van der Waals surface area contributed by atoms with Crippen LogP contribution in [-0.4, -0.2) is 24.4 Å². The fraction of sp³-hybridized carbons (Fsp3) is 0.600. The summed E-state index contributed by atoms with van der Waals surface area (Å²) in [5, 5.41) is 13.4. The number of hydrogen-bond acceptors (Lipinski definition) is 3. The van der Waals surface area contributed by atoms with E-state index in [1.807, 2.05) is 0 Å². The van der Waals surface area contributed by atoms with Gasteiger partial charge in [0.2, 0.25) is 0 Å². The van der Waals surface area contributed by atoms with E-state index < -0.39 is 0 Å². The van der Waals surface area contributed by atoms with Gasteiger partial charge in [0.25, 0.3) is 0 Å². The number of hydrogen-bond donors (Lipinski definition) is 2. The number of nitrogens with one attached hydrogen (secondary N) is 1. The first-order valence-electron chi connectivity index (χ1n) is 6.78. The van der Waals surface area contributed by atoms with Crippen LogP contribution in [0, 0.1) is 0 Å². The van der Waals surface area contributed by atoms with Crippen LogP contribution in [0.4, 0.5) is 0 Å². The van der Waals surface area contributed by atoms with Gasteiger partial charge >= 0.3 is 0 Å². The maximum atomic E-state index is 9.90. The third kappa shape index (κ3) is 3.80. The van der Waals surface area contributed by atoms with Crippen LogP contribution in [0.1, 0.15) is 36.8 Å². The Morgan fingerprint density at radius 1 is 1.28 bits per heavy atom. The topological polar surface area (TPSA) is 41.5 Å². The molecule has 1 fully saturated rings. The third-order valence-corrected chi connectivity index (χ3v) is 3.60. The molecule has 0 heterocycles. The van der Waals surface area contributed by atoms with Gasteiger partial charge < -0.3 is 15.2 Å². The Labute approximate surface area is 109 Å². The van der Waals surface area contributed by atoms with Gasteiger partial charge in [0.15, 0.2) is 0 Å². The van der Waals surface area contributed by atoms with Crippen molar-refractivity contribution in [3.05, 3.63) is 35.4 Å². The zero-order valence-electron chi connectivity index (χ0n) is 11.1. The van der Waals surface area contributed by atoms with Gasteiger partial charge in [0.1, 0.15) is 0 Å². The van der Waals surface area contributed by atoms with Crippen LogP contribution >= 0.6 is 0 Å². The summed E-state index contributed by atoms with van der Waals surface area (Å²) >= 11 is 0. The zero-order chi connectivity index (χ0) is 12.8. The SMILES string of the molecule is COCc1cccc(CN[C@@H]2CCCC[C@H]2O)c1. The molecule has 1 aliphatic carbocycles. The van der Waals surface area contributed by atoms with Gasteiger partial charge in [-0.05, 0) is 24.0 Å². The highest BCUT2D eigenvalue weighted by molar-refractivity contribution is 5.23. The van der Waals surface area contributed by atoms with Crippen molar-refractivity contribution < 1.29 is 9.84 Å². The molecule has 0 radical (unpaired) electrons. The van der Waals surface area contributed by atoms with Crippen molar-refractivity contribution in [1.29, 1.82) is 0 Å². The summed E-state index contributed by atoms with van der Waals surface area (Å²) in [5.41, 5.74) is 2.45. The van der Waals surface area contributed by atoms with Crippen molar-refractivity contribution in [2.24, 2.45) is 0 Å². The summed E-state index contributed by atoms with van der Waals surface area (Å²) < 4.78 is 5.13. The molecule has 2 N–H and O–H groups in total. The summed E-state index contributed by atoms with van der Waals surface area (Å²) in [6.07, 6.45) is 4.21. The minimum Gasteiger partial charge on any atom is -0.392 e. The monoisotopic (exact) mass is 249 g/mol. The van der Waals surface area contributed by atoms with Gasteiger partial charge in [-0.15, -0.1) is 0 Å². The molecule has 0 unspecified atom stereocenters. The van der Waals surface area contributed by atoms with Crippen LogP contribution < -0.4 is 5.32 Å². The molecule has 0 bridgehead atoms. The first kappa shape index (κ1) is 13.5. The molecule has 0 aromatic heterocycles. The van der Waals surface area contributed by atoms with Crippen molar-refractivity contribution >= 4 is 0 Å². The molecule has 3 heteroatoms. The molecule has 2 rings (SSSR count). The highest BCUT2D eigenvalue weighted by Crippen LogP contribution is 2.18. The second-order valence-electron chi connectivity index (χ2n) is 5.09. The Bertz CT molecular complexity index is 367. The molecular formula is C15H23NO2. The average Bonchev–Trinajstić information content (AvgIpc) is 2.39. The van der Waals surface area contributed by atoms with Crippen molar-refractivity contribution in [3.8, 4) is 0 Å². The number of ether oxygens (including phenoxy) is 1. The highest BCUT2D eigenvalue weighted by atomic mass is 16.5.